The molecule has 0 aromatic heterocycles. The molecule has 5 nitrogen and oxygen atoms in total. The van der Waals surface area contributed by atoms with Crippen LogP contribution in [-0.2, 0) is 23.0 Å². The molecule has 0 spiro atoms. The predicted molar refractivity (Wildman–Crippen MR) is 109 cm³/mol. The summed E-state index contributed by atoms with van der Waals surface area (Å²) in [5.74, 6) is -0.187. The zero-order valence-corrected chi connectivity index (χ0v) is 16.7. The first-order chi connectivity index (χ1) is 13.5. The highest BCUT2D eigenvalue weighted by molar-refractivity contribution is 7.89. The Morgan fingerprint density at radius 2 is 1.71 bits per heavy atom. The minimum atomic E-state index is -3.64. The van der Waals surface area contributed by atoms with Crippen LogP contribution in [0.3, 0.4) is 0 Å². The molecule has 0 radical (unpaired) electrons. The van der Waals surface area contributed by atoms with Crippen molar-refractivity contribution in [3.8, 4) is 0 Å². The van der Waals surface area contributed by atoms with Gasteiger partial charge in [-0.15, -0.1) is 0 Å². The molecular formula is C22H26N2O3S. The van der Waals surface area contributed by atoms with E-state index >= 15 is 0 Å². The van der Waals surface area contributed by atoms with Crippen molar-refractivity contribution < 1.29 is 13.2 Å². The van der Waals surface area contributed by atoms with Crippen molar-refractivity contribution in [2.45, 2.75) is 56.0 Å². The molecule has 148 valence electrons. The monoisotopic (exact) mass is 398 g/mol. The summed E-state index contributed by atoms with van der Waals surface area (Å²) in [5.41, 5.74) is 2.65. The molecule has 2 aromatic rings. The third-order valence-electron chi connectivity index (χ3n) is 5.77. The Bertz CT molecular complexity index is 965. The van der Waals surface area contributed by atoms with E-state index in [9.17, 15) is 13.2 Å². The van der Waals surface area contributed by atoms with Crippen LogP contribution in [-0.4, -0.2) is 31.2 Å². The fraction of sp³-hybridized carbons (Fsp3) is 0.409. The van der Waals surface area contributed by atoms with Gasteiger partial charge in [-0.3, -0.25) is 4.79 Å². The fourth-order valence-corrected chi connectivity index (χ4v) is 5.60. The van der Waals surface area contributed by atoms with Gasteiger partial charge < -0.3 is 5.32 Å². The lowest BCUT2D eigenvalue weighted by atomic mass is 9.95. The second kappa shape index (κ2) is 8.05. The van der Waals surface area contributed by atoms with Gasteiger partial charge in [0.15, 0.2) is 0 Å². The lowest BCUT2D eigenvalue weighted by Crippen LogP contribution is -2.37. The topological polar surface area (TPSA) is 66.5 Å². The predicted octanol–water partition coefficient (Wildman–Crippen LogP) is 3.50. The van der Waals surface area contributed by atoms with Gasteiger partial charge in [0.2, 0.25) is 10.0 Å². The molecule has 28 heavy (non-hydrogen) atoms. The van der Waals surface area contributed by atoms with Crippen molar-refractivity contribution in [2.24, 2.45) is 0 Å². The smallest absolute Gasteiger partial charge is 0.251 e. The third-order valence-corrected chi connectivity index (χ3v) is 7.61. The van der Waals surface area contributed by atoms with Gasteiger partial charge in [-0.25, -0.2) is 8.42 Å². The van der Waals surface area contributed by atoms with E-state index in [0.29, 0.717) is 25.1 Å². The molecule has 4 rings (SSSR count). The number of amides is 1. The Morgan fingerprint density at radius 3 is 2.50 bits per heavy atom. The van der Waals surface area contributed by atoms with Gasteiger partial charge >= 0.3 is 0 Å². The Hall–Kier alpha value is -2.18. The van der Waals surface area contributed by atoms with Gasteiger partial charge in [0, 0.05) is 24.7 Å². The standard InChI is InChI=1S/C22H26N2O3S/c25-22(23-20-10-2-1-3-11-20)18-9-6-12-21(15-18)28(26,27)24-14-13-17-7-4-5-8-19(17)16-24/h4-9,12,15,20H,1-3,10-11,13-14,16H2,(H,23,25). The average molecular weight is 399 g/mol. The van der Waals surface area contributed by atoms with Gasteiger partial charge in [-0.2, -0.15) is 4.31 Å². The number of fused-ring (bicyclic) bond motifs is 1. The van der Waals surface area contributed by atoms with Gasteiger partial charge in [0.05, 0.1) is 4.90 Å². The first-order valence-electron chi connectivity index (χ1n) is 10.0. The molecule has 0 atom stereocenters. The van der Waals surface area contributed by atoms with Crippen molar-refractivity contribution in [3.05, 3.63) is 65.2 Å². The van der Waals surface area contributed by atoms with E-state index in [2.05, 4.69) is 11.4 Å². The second-order valence-electron chi connectivity index (χ2n) is 7.69. The number of rotatable bonds is 4. The number of nitrogens with zero attached hydrogens (tertiary/aromatic N) is 1. The minimum Gasteiger partial charge on any atom is -0.349 e. The van der Waals surface area contributed by atoms with E-state index in [-0.39, 0.29) is 16.8 Å². The number of nitrogens with one attached hydrogen (secondary N) is 1. The minimum absolute atomic E-state index is 0.183. The Balaban J connectivity index is 1.52. The lowest BCUT2D eigenvalue weighted by molar-refractivity contribution is 0.0927. The van der Waals surface area contributed by atoms with Crippen molar-refractivity contribution >= 4 is 15.9 Å². The van der Waals surface area contributed by atoms with Gasteiger partial charge in [-0.1, -0.05) is 49.6 Å². The summed E-state index contributed by atoms with van der Waals surface area (Å²) >= 11 is 0. The molecule has 1 amide bonds. The summed E-state index contributed by atoms with van der Waals surface area (Å²) in [4.78, 5) is 12.8. The summed E-state index contributed by atoms with van der Waals surface area (Å²) in [7, 11) is -3.64. The fourth-order valence-electron chi connectivity index (χ4n) is 4.14. The molecule has 0 saturated heterocycles. The van der Waals surface area contributed by atoms with E-state index in [4.69, 9.17) is 0 Å². The number of carbonyl (C=O) groups is 1. The zero-order valence-electron chi connectivity index (χ0n) is 15.9. The molecule has 6 heteroatoms. The maximum Gasteiger partial charge on any atom is 0.251 e. The average Bonchev–Trinajstić information content (AvgIpc) is 2.74. The Morgan fingerprint density at radius 1 is 0.964 bits per heavy atom. The second-order valence-corrected chi connectivity index (χ2v) is 9.63. The van der Waals surface area contributed by atoms with Crippen LogP contribution in [0, 0.1) is 0 Å². The van der Waals surface area contributed by atoms with Crippen molar-refractivity contribution in [1.29, 1.82) is 0 Å². The lowest BCUT2D eigenvalue weighted by Gasteiger charge is -2.28. The van der Waals surface area contributed by atoms with E-state index < -0.39 is 10.0 Å². The number of sulfonamides is 1. The van der Waals surface area contributed by atoms with E-state index in [0.717, 1.165) is 31.2 Å². The number of carbonyl (C=O) groups excluding carboxylic acids is 1. The molecule has 0 unspecified atom stereocenters. The van der Waals surface area contributed by atoms with Gasteiger partial charge in [-0.05, 0) is 48.6 Å². The summed E-state index contributed by atoms with van der Waals surface area (Å²) < 4.78 is 27.8. The molecule has 1 N–H and O–H groups in total. The highest BCUT2D eigenvalue weighted by atomic mass is 32.2. The van der Waals surface area contributed by atoms with Crippen LogP contribution < -0.4 is 5.32 Å². The van der Waals surface area contributed by atoms with E-state index in [1.807, 2.05) is 18.2 Å². The normalized spacial score (nSPS) is 18.4. The van der Waals surface area contributed by atoms with E-state index in [1.54, 1.807) is 18.2 Å². The molecule has 1 fully saturated rings. The first-order valence-corrected chi connectivity index (χ1v) is 11.5. The molecule has 1 aliphatic carbocycles. The van der Waals surface area contributed by atoms with Crippen molar-refractivity contribution in [3.63, 3.8) is 0 Å². The highest BCUT2D eigenvalue weighted by Crippen LogP contribution is 2.25. The quantitative estimate of drug-likeness (QED) is 0.857. The number of hydrogen-bond donors (Lipinski definition) is 1. The zero-order chi connectivity index (χ0) is 19.6. The molecule has 2 aromatic carbocycles. The highest BCUT2D eigenvalue weighted by Gasteiger charge is 2.29. The van der Waals surface area contributed by atoms with Crippen molar-refractivity contribution in [1.82, 2.24) is 9.62 Å². The third kappa shape index (κ3) is 3.98. The van der Waals surface area contributed by atoms with Crippen molar-refractivity contribution in [2.75, 3.05) is 6.54 Å². The maximum absolute atomic E-state index is 13.2. The van der Waals surface area contributed by atoms with Crippen LogP contribution in [0.15, 0.2) is 53.4 Å². The Labute approximate surface area is 166 Å². The van der Waals surface area contributed by atoms with Crippen LogP contribution in [0.2, 0.25) is 0 Å². The SMILES string of the molecule is O=C(NC1CCCCC1)c1cccc(S(=O)(=O)N2CCc3ccccc3C2)c1. The molecule has 2 aliphatic rings. The van der Waals surface area contributed by atoms with Crippen LogP contribution in [0.4, 0.5) is 0 Å². The number of benzene rings is 2. The van der Waals surface area contributed by atoms with E-state index in [1.165, 1.54) is 22.4 Å². The summed E-state index contributed by atoms with van der Waals surface area (Å²) in [6.07, 6.45) is 6.19. The summed E-state index contributed by atoms with van der Waals surface area (Å²) in [5, 5.41) is 3.06. The molecule has 1 heterocycles. The van der Waals surface area contributed by atoms with Crippen LogP contribution in [0.25, 0.3) is 0 Å². The van der Waals surface area contributed by atoms with Gasteiger partial charge in [0.1, 0.15) is 0 Å². The summed E-state index contributed by atoms with van der Waals surface area (Å²) in [6, 6.07) is 14.6. The largest absolute Gasteiger partial charge is 0.349 e. The van der Waals surface area contributed by atoms with Gasteiger partial charge in [0.25, 0.3) is 5.91 Å². The first kappa shape index (κ1) is 19.2. The molecule has 1 aliphatic heterocycles. The van der Waals surface area contributed by atoms with Crippen LogP contribution >= 0.6 is 0 Å². The molecular weight excluding hydrogens is 372 g/mol. The maximum atomic E-state index is 13.2. The van der Waals surface area contributed by atoms with Crippen LogP contribution in [0.5, 0.6) is 0 Å². The molecule has 1 saturated carbocycles. The summed E-state index contributed by atoms with van der Waals surface area (Å²) in [6.45, 7) is 0.828. The molecule has 0 bridgehead atoms. The number of hydrogen-bond acceptors (Lipinski definition) is 3. The van der Waals surface area contributed by atoms with Crippen LogP contribution in [0.1, 0.15) is 53.6 Å². The Kier molecular flexibility index (Phi) is 5.51.